The second-order valence-corrected chi connectivity index (χ2v) is 6.68. The zero-order valence-corrected chi connectivity index (χ0v) is 11.5. The van der Waals surface area contributed by atoms with E-state index in [1.807, 2.05) is 0 Å². The van der Waals surface area contributed by atoms with Crippen LogP contribution in [0.25, 0.3) is 0 Å². The van der Waals surface area contributed by atoms with E-state index in [9.17, 15) is 4.79 Å². The molecule has 0 aromatic rings. The van der Waals surface area contributed by atoms with Crippen LogP contribution in [0.2, 0.25) is 0 Å². The van der Waals surface area contributed by atoms with Crippen LogP contribution in [-0.4, -0.2) is 25.0 Å². The predicted octanol–water partition coefficient (Wildman–Crippen LogP) is 1.93. The summed E-state index contributed by atoms with van der Waals surface area (Å²) in [6.45, 7) is 4.17. The Bertz CT molecular complexity index is 312. The van der Waals surface area contributed by atoms with Gasteiger partial charge in [-0.1, -0.05) is 6.42 Å². The molecule has 5 atom stereocenters. The van der Waals surface area contributed by atoms with E-state index in [0.717, 1.165) is 43.7 Å². The van der Waals surface area contributed by atoms with Gasteiger partial charge in [-0.05, 0) is 63.3 Å². The zero-order valence-electron chi connectivity index (χ0n) is 11.5. The van der Waals surface area contributed by atoms with Crippen LogP contribution in [0, 0.1) is 23.7 Å². The summed E-state index contributed by atoms with van der Waals surface area (Å²) in [5, 5.41) is 6.62. The highest BCUT2D eigenvalue weighted by molar-refractivity contribution is 5.79. The van der Waals surface area contributed by atoms with Crippen molar-refractivity contribution in [3.8, 4) is 0 Å². The highest BCUT2D eigenvalue weighted by Crippen LogP contribution is 2.49. The zero-order chi connectivity index (χ0) is 12.5. The van der Waals surface area contributed by atoms with Gasteiger partial charge in [-0.3, -0.25) is 4.79 Å². The minimum absolute atomic E-state index is 0.208. The van der Waals surface area contributed by atoms with Crippen molar-refractivity contribution in [2.75, 3.05) is 13.1 Å². The van der Waals surface area contributed by atoms with E-state index in [-0.39, 0.29) is 11.8 Å². The molecule has 3 heteroatoms. The molecular formula is C15H26N2O. The second kappa shape index (κ2) is 5.20. The van der Waals surface area contributed by atoms with Crippen molar-refractivity contribution < 1.29 is 4.79 Å². The molecule has 2 aliphatic carbocycles. The summed E-state index contributed by atoms with van der Waals surface area (Å²) in [5.74, 6) is 3.12. The smallest absolute Gasteiger partial charge is 0.224 e. The third kappa shape index (κ3) is 2.42. The number of carbonyl (C=O) groups excluding carboxylic acids is 1. The van der Waals surface area contributed by atoms with Gasteiger partial charge in [0.2, 0.25) is 5.91 Å². The van der Waals surface area contributed by atoms with E-state index in [0.29, 0.717) is 6.04 Å². The number of amides is 1. The van der Waals surface area contributed by atoms with Crippen molar-refractivity contribution in [2.24, 2.45) is 23.7 Å². The Morgan fingerprint density at radius 1 is 1.28 bits per heavy atom. The summed E-state index contributed by atoms with van der Waals surface area (Å²) < 4.78 is 0. The molecule has 0 spiro atoms. The molecule has 1 amide bonds. The summed E-state index contributed by atoms with van der Waals surface area (Å²) in [4.78, 5) is 12.2. The number of rotatable bonds is 3. The molecule has 4 unspecified atom stereocenters. The molecule has 0 aromatic heterocycles. The van der Waals surface area contributed by atoms with Crippen LogP contribution in [0.1, 0.15) is 45.4 Å². The largest absolute Gasteiger partial charge is 0.353 e. The molecule has 0 radical (unpaired) electrons. The first-order valence-corrected chi connectivity index (χ1v) is 7.75. The molecule has 3 aliphatic rings. The van der Waals surface area contributed by atoms with Gasteiger partial charge in [-0.25, -0.2) is 0 Å². The molecule has 3 fully saturated rings. The van der Waals surface area contributed by atoms with Crippen LogP contribution in [0.4, 0.5) is 0 Å². The Kier molecular flexibility index (Phi) is 3.60. The van der Waals surface area contributed by atoms with E-state index in [1.165, 1.54) is 25.7 Å². The maximum Gasteiger partial charge on any atom is 0.224 e. The summed E-state index contributed by atoms with van der Waals surface area (Å²) in [7, 11) is 0. The van der Waals surface area contributed by atoms with Gasteiger partial charge >= 0.3 is 0 Å². The van der Waals surface area contributed by atoms with Crippen molar-refractivity contribution in [3.05, 3.63) is 0 Å². The molecule has 3 nitrogen and oxygen atoms in total. The summed E-state index contributed by atoms with van der Waals surface area (Å²) in [6, 6.07) is 0.384. The Morgan fingerprint density at radius 3 is 2.78 bits per heavy atom. The van der Waals surface area contributed by atoms with Crippen molar-refractivity contribution in [1.82, 2.24) is 10.6 Å². The Labute approximate surface area is 110 Å². The van der Waals surface area contributed by atoms with Crippen LogP contribution in [0.15, 0.2) is 0 Å². The molecule has 0 aromatic carbocycles. The fourth-order valence-corrected chi connectivity index (χ4v) is 4.43. The molecule has 18 heavy (non-hydrogen) atoms. The Morgan fingerprint density at radius 2 is 2.17 bits per heavy atom. The highest BCUT2D eigenvalue weighted by atomic mass is 16.2. The third-order valence-corrected chi connectivity index (χ3v) is 5.47. The van der Waals surface area contributed by atoms with E-state index in [4.69, 9.17) is 0 Å². The lowest BCUT2D eigenvalue weighted by molar-refractivity contribution is -0.126. The molecule has 1 heterocycles. The first-order chi connectivity index (χ1) is 8.74. The van der Waals surface area contributed by atoms with Crippen molar-refractivity contribution >= 4 is 5.91 Å². The molecule has 1 aliphatic heterocycles. The van der Waals surface area contributed by atoms with Crippen molar-refractivity contribution in [1.29, 1.82) is 0 Å². The second-order valence-electron chi connectivity index (χ2n) is 6.68. The molecule has 102 valence electrons. The Hall–Kier alpha value is -0.570. The number of hydrogen-bond donors (Lipinski definition) is 2. The number of carbonyl (C=O) groups is 1. The lowest BCUT2D eigenvalue weighted by Gasteiger charge is -2.30. The molecule has 2 saturated carbocycles. The molecule has 2 N–H and O–H groups in total. The fourth-order valence-electron chi connectivity index (χ4n) is 4.43. The minimum Gasteiger partial charge on any atom is -0.353 e. The van der Waals surface area contributed by atoms with Crippen molar-refractivity contribution in [3.63, 3.8) is 0 Å². The van der Waals surface area contributed by atoms with Gasteiger partial charge in [-0.2, -0.15) is 0 Å². The van der Waals surface area contributed by atoms with E-state index in [1.54, 1.807) is 0 Å². The predicted molar refractivity (Wildman–Crippen MR) is 72.1 cm³/mol. The van der Waals surface area contributed by atoms with Crippen LogP contribution in [-0.2, 0) is 4.79 Å². The molecular weight excluding hydrogens is 224 g/mol. The standard InChI is InChI=1S/C15H26N2O/c1-10(14-8-11-4-5-12(14)7-11)17-15(18)13-3-2-6-16-9-13/h10-14,16H,2-9H2,1H3,(H,17,18)/t10?,11?,12?,13-,14?/m0/s1. The van der Waals surface area contributed by atoms with Crippen molar-refractivity contribution in [2.45, 2.75) is 51.5 Å². The monoisotopic (exact) mass is 250 g/mol. The van der Waals surface area contributed by atoms with Gasteiger partial charge < -0.3 is 10.6 Å². The topological polar surface area (TPSA) is 41.1 Å². The maximum atomic E-state index is 12.2. The van der Waals surface area contributed by atoms with E-state index in [2.05, 4.69) is 17.6 Å². The van der Waals surface area contributed by atoms with E-state index >= 15 is 0 Å². The average Bonchev–Trinajstić information content (AvgIpc) is 3.02. The first kappa shape index (κ1) is 12.5. The highest BCUT2D eigenvalue weighted by Gasteiger charge is 2.42. The SMILES string of the molecule is CC(NC(=O)[C@H]1CCCNC1)C1CC2CCC1C2. The minimum atomic E-state index is 0.208. The van der Waals surface area contributed by atoms with Crippen LogP contribution < -0.4 is 10.6 Å². The van der Waals surface area contributed by atoms with Gasteiger partial charge in [0.25, 0.3) is 0 Å². The summed E-state index contributed by atoms with van der Waals surface area (Å²) >= 11 is 0. The van der Waals surface area contributed by atoms with E-state index < -0.39 is 0 Å². The molecule has 2 bridgehead atoms. The molecule has 3 rings (SSSR count). The molecule has 1 saturated heterocycles. The number of hydrogen-bond acceptors (Lipinski definition) is 2. The van der Waals surface area contributed by atoms with Gasteiger partial charge in [0, 0.05) is 12.6 Å². The van der Waals surface area contributed by atoms with Crippen LogP contribution in [0.5, 0.6) is 0 Å². The van der Waals surface area contributed by atoms with Crippen LogP contribution >= 0.6 is 0 Å². The number of piperidine rings is 1. The van der Waals surface area contributed by atoms with Gasteiger partial charge in [0.05, 0.1) is 5.92 Å². The van der Waals surface area contributed by atoms with Gasteiger partial charge in [-0.15, -0.1) is 0 Å². The van der Waals surface area contributed by atoms with Crippen LogP contribution in [0.3, 0.4) is 0 Å². The normalized spacial score (nSPS) is 40.7. The average molecular weight is 250 g/mol. The third-order valence-electron chi connectivity index (χ3n) is 5.47. The van der Waals surface area contributed by atoms with Gasteiger partial charge in [0.1, 0.15) is 0 Å². The first-order valence-electron chi connectivity index (χ1n) is 7.75. The fraction of sp³-hybridized carbons (Fsp3) is 0.933. The lowest BCUT2D eigenvalue weighted by atomic mass is 9.83. The summed E-state index contributed by atoms with van der Waals surface area (Å²) in [6.07, 6.45) is 7.82. The lowest BCUT2D eigenvalue weighted by Crippen LogP contribution is -2.46. The number of nitrogens with one attached hydrogen (secondary N) is 2. The maximum absolute atomic E-state index is 12.2. The quantitative estimate of drug-likeness (QED) is 0.803. The number of fused-ring (bicyclic) bond motifs is 2. The van der Waals surface area contributed by atoms with Gasteiger partial charge in [0.15, 0.2) is 0 Å². The Balaban J connectivity index is 1.51. The summed E-state index contributed by atoms with van der Waals surface area (Å²) in [5.41, 5.74) is 0.